The Morgan fingerprint density at radius 2 is 1.86 bits per heavy atom. The molecular weight excluding hydrogens is 272 g/mol. The summed E-state index contributed by atoms with van der Waals surface area (Å²) < 4.78 is 5.71. The molecule has 0 heterocycles. The monoisotopic (exact) mass is 302 g/mol. The molecule has 22 heavy (non-hydrogen) atoms. The summed E-state index contributed by atoms with van der Waals surface area (Å²) in [6.07, 6.45) is 6.43. The topological polar surface area (TPSA) is 61.3 Å². The molecule has 1 unspecified atom stereocenters. The molecule has 0 saturated heterocycles. The molecule has 0 aromatic heterocycles. The molecule has 1 aromatic carbocycles. The summed E-state index contributed by atoms with van der Waals surface area (Å²) in [6.45, 7) is 12.1. The van der Waals surface area contributed by atoms with E-state index in [9.17, 15) is 0 Å². The lowest BCUT2D eigenvalue weighted by atomic mass is 10.1. The molecule has 1 atom stereocenters. The Morgan fingerprint density at radius 1 is 1.27 bits per heavy atom. The third-order valence-corrected chi connectivity index (χ3v) is 2.92. The lowest BCUT2D eigenvalue weighted by molar-refractivity contribution is 0.203. The van der Waals surface area contributed by atoms with Crippen LogP contribution in [0.2, 0.25) is 0 Å². The number of rotatable bonds is 7. The fourth-order valence-electron chi connectivity index (χ4n) is 1.71. The molecule has 3 nitrogen and oxygen atoms in total. The average Bonchev–Trinajstić information content (AvgIpc) is 2.55. The molecule has 0 aliphatic rings. The number of anilines is 1. The first-order valence-electron chi connectivity index (χ1n) is 7.75. The van der Waals surface area contributed by atoms with Crippen molar-refractivity contribution >= 4 is 5.69 Å². The van der Waals surface area contributed by atoms with Gasteiger partial charge in [0.1, 0.15) is 12.4 Å². The van der Waals surface area contributed by atoms with Crippen LogP contribution in [0.3, 0.4) is 0 Å². The van der Waals surface area contributed by atoms with Gasteiger partial charge in [-0.05, 0) is 55.7 Å². The van der Waals surface area contributed by atoms with E-state index in [1.165, 1.54) is 0 Å². The summed E-state index contributed by atoms with van der Waals surface area (Å²) in [5.41, 5.74) is 14.7. The van der Waals surface area contributed by atoms with Gasteiger partial charge in [-0.15, -0.1) is 0 Å². The van der Waals surface area contributed by atoms with Crippen LogP contribution < -0.4 is 11.5 Å². The summed E-state index contributed by atoms with van der Waals surface area (Å²) >= 11 is 0. The Kier molecular flexibility index (Phi) is 10.6. The highest BCUT2D eigenvalue weighted by molar-refractivity contribution is 5.39. The van der Waals surface area contributed by atoms with Crippen LogP contribution in [0.15, 0.2) is 60.4 Å². The van der Waals surface area contributed by atoms with Crippen molar-refractivity contribution in [3.8, 4) is 0 Å². The first kappa shape index (κ1) is 20.0. The zero-order chi connectivity index (χ0) is 17.0. The van der Waals surface area contributed by atoms with Gasteiger partial charge in [-0.25, -0.2) is 0 Å². The minimum atomic E-state index is -0.0500. The lowest BCUT2D eigenvalue weighted by Crippen LogP contribution is -2.28. The summed E-state index contributed by atoms with van der Waals surface area (Å²) in [5.74, 6) is 0.815. The van der Waals surface area contributed by atoms with Gasteiger partial charge < -0.3 is 16.2 Å². The Bertz CT molecular complexity index is 487. The van der Waals surface area contributed by atoms with E-state index in [1.54, 1.807) is 6.08 Å². The van der Waals surface area contributed by atoms with Crippen LogP contribution in [0.1, 0.15) is 33.3 Å². The van der Waals surface area contributed by atoms with E-state index in [1.807, 2.05) is 64.1 Å². The third-order valence-electron chi connectivity index (χ3n) is 2.92. The van der Waals surface area contributed by atoms with Gasteiger partial charge in [0.25, 0.3) is 0 Å². The van der Waals surface area contributed by atoms with Crippen molar-refractivity contribution in [2.24, 2.45) is 5.73 Å². The molecule has 0 radical (unpaired) electrons. The highest BCUT2D eigenvalue weighted by atomic mass is 16.5. The summed E-state index contributed by atoms with van der Waals surface area (Å²) in [7, 11) is 0. The van der Waals surface area contributed by atoms with Gasteiger partial charge in [0.15, 0.2) is 0 Å². The van der Waals surface area contributed by atoms with Crippen LogP contribution in [-0.2, 0) is 11.2 Å². The van der Waals surface area contributed by atoms with Crippen LogP contribution in [0, 0.1) is 0 Å². The van der Waals surface area contributed by atoms with Crippen LogP contribution in [-0.4, -0.2) is 12.6 Å². The van der Waals surface area contributed by atoms with E-state index in [0.29, 0.717) is 6.61 Å². The summed E-state index contributed by atoms with van der Waals surface area (Å²) in [6, 6.07) is 7.71. The third kappa shape index (κ3) is 8.32. The fraction of sp³-hybridized carbons (Fsp3) is 0.368. The highest BCUT2D eigenvalue weighted by Crippen LogP contribution is 2.09. The van der Waals surface area contributed by atoms with Crippen molar-refractivity contribution in [2.75, 3.05) is 12.3 Å². The second-order valence-electron chi connectivity index (χ2n) is 4.80. The number of hydrogen-bond donors (Lipinski definition) is 2. The smallest absolute Gasteiger partial charge is 0.115 e. The highest BCUT2D eigenvalue weighted by Gasteiger charge is 2.05. The number of hydrogen-bond acceptors (Lipinski definition) is 3. The van der Waals surface area contributed by atoms with E-state index < -0.39 is 0 Å². The van der Waals surface area contributed by atoms with Crippen LogP contribution in [0.5, 0.6) is 0 Å². The normalized spacial score (nSPS) is 13.0. The van der Waals surface area contributed by atoms with Gasteiger partial charge in [0.2, 0.25) is 0 Å². The molecule has 0 aliphatic heterocycles. The van der Waals surface area contributed by atoms with E-state index in [4.69, 9.17) is 16.2 Å². The number of benzene rings is 1. The van der Waals surface area contributed by atoms with Crippen LogP contribution in [0.25, 0.3) is 0 Å². The summed E-state index contributed by atoms with van der Waals surface area (Å²) in [4.78, 5) is 0. The van der Waals surface area contributed by atoms with Gasteiger partial charge in [-0.3, -0.25) is 0 Å². The van der Waals surface area contributed by atoms with Gasteiger partial charge in [-0.2, -0.15) is 0 Å². The number of nitrogens with two attached hydrogens (primary N) is 2. The van der Waals surface area contributed by atoms with Gasteiger partial charge in [0, 0.05) is 11.7 Å². The van der Waals surface area contributed by atoms with Crippen molar-refractivity contribution in [3.63, 3.8) is 0 Å². The Hall–Kier alpha value is -2.00. The first-order chi connectivity index (χ1) is 10.5. The van der Waals surface area contributed by atoms with E-state index in [-0.39, 0.29) is 6.04 Å². The molecule has 0 aliphatic carbocycles. The Labute approximate surface area is 135 Å². The zero-order valence-electron chi connectivity index (χ0n) is 14.3. The summed E-state index contributed by atoms with van der Waals surface area (Å²) in [5, 5.41) is 0. The van der Waals surface area contributed by atoms with Gasteiger partial charge >= 0.3 is 0 Å². The maximum atomic E-state index is 6.09. The van der Waals surface area contributed by atoms with Crippen molar-refractivity contribution in [1.29, 1.82) is 0 Å². The molecular formula is C19H30N2O. The van der Waals surface area contributed by atoms with Crippen molar-refractivity contribution < 1.29 is 4.74 Å². The van der Waals surface area contributed by atoms with Crippen molar-refractivity contribution in [2.45, 2.75) is 40.2 Å². The molecule has 1 rings (SSSR count). The van der Waals surface area contributed by atoms with Gasteiger partial charge in [0.05, 0.1) is 0 Å². The minimum Gasteiger partial charge on any atom is -0.492 e. The quantitative estimate of drug-likeness (QED) is 0.450. The van der Waals surface area contributed by atoms with E-state index in [2.05, 4.69) is 6.58 Å². The molecule has 0 spiro atoms. The number of nitrogen functional groups attached to an aromatic ring is 1. The first-order valence-corrected chi connectivity index (χ1v) is 7.75. The second kappa shape index (κ2) is 11.6. The van der Waals surface area contributed by atoms with Crippen LogP contribution in [0.4, 0.5) is 5.69 Å². The molecule has 0 fully saturated rings. The van der Waals surface area contributed by atoms with Gasteiger partial charge in [-0.1, -0.05) is 38.6 Å². The molecule has 122 valence electrons. The molecule has 0 bridgehead atoms. The van der Waals surface area contributed by atoms with Crippen molar-refractivity contribution in [1.82, 2.24) is 0 Å². The number of ether oxygens (including phenoxy) is 1. The maximum Gasteiger partial charge on any atom is 0.115 e. The Morgan fingerprint density at radius 3 is 2.36 bits per heavy atom. The average molecular weight is 302 g/mol. The van der Waals surface area contributed by atoms with E-state index in [0.717, 1.165) is 29.0 Å². The van der Waals surface area contributed by atoms with E-state index >= 15 is 0 Å². The second-order valence-corrected chi connectivity index (χ2v) is 4.80. The fourth-order valence-corrected chi connectivity index (χ4v) is 1.71. The largest absolute Gasteiger partial charge is 0.492 e. The Balaban J connectivity index is 0.00000211. The molecule has 0 amide bonds. The minimum absolute atomic E-state index is 0.0500. The zero-order valence-corrected chi connectivity index (χ0v) is 14.3. The number of allylic oxidation sites excluding steroid dienone is 4. The molecule has 3 heteroatoms. The lowest BCUT2D eigenvalue weighted by Gasteiger charge is -2.14. The SMILES string of the molecule is C=C/C(C)=C\C(=C/C)OCC(N)Cc1ccc(N)cc1.CC. The van der Waals surface area contributed by atoms with Crippen LogP contribution >= 0.6 is 0 Å². The molecule has 1 aromatic rings. The molecule has 0 saturated carbocycles. The standard InChI is InChI=1S/C17H24N2O.C2H6/c1-4-13(3)10-17(5-2)20-12-16(19)11-14-6-8-15(18)9-7-14;1-2/h4-10,16H,1,11-12,18-19H2,2-3H3;1-2H3/b13-10-,17-5+;. The predicted molar refractivity (Wildman–Crippen MR) is 97.5 cm³/mol. The molecule has 4 N–H and O–H groups in total. The predicted octanol–water partition coefficient (Wildman–Crippen LogP) is 4.22. The van der Waals surface area contributed by atoms with Crippen molar-refractivity contribution in [3.05, 3.63) is 66.0 Å². The maximum absolute atomic E-state index is 6.09.